The number of rotatable bonds is 5. The van der Waals surface area contributed by atoms with E-state index in [0.717, 1.165) is 31.2 Å². The molecule has 5 nitrogen and oxygen atoms in total. The summed E-state index contributed by atoms with van der Waals surface area (Å²) in [5.74, 6) is -0.111. The number of primary amides is 1. The third-order valence-electron chi connectivity index (χ3n) is 4.58. The maximum absolute atomic E-state index is 12.3. The van der Waals surface area contributed by atoms with Crippen molar-refractivity contribution in [1.82, 2.24) is 4.90 Å². The summed E-state index contributed by atoms with van der Waals surface area (Å²) in [7, 11) is 1.83. The van der Waals surface area contributed by atoms with Gasteiger partial charge >= 0.3 is 0 Å². The Morgan fingerprint density at radius 1 is 1.22 bits per heavy atom. The predicted octanol–water partition coefficient (Wildman–Crippen LogP) is 1.81. The van der Waals surface area contributed by atoms with Crippen LogP contribution in [0.4, 0.5) is 0 Å². The number of likely N-dealkylation sites (N-methyl/N-ethyl adjacent to an activating group) is 1. The van der Waals surface area contributed by atoms with Gasteiger partial charge in [0.1, 0.15) is 0 Å². The molecule has 1 fully saturated rings. The van der Waals surface area contributed by atoms with Crippen molar-refractivity contribution in [3.63, 3.8) is 0 Å². The third kappa shape index (κ3) is 4.66. The summed E-state index contributed by atoms with van der Waals surface area (Å²) >= 11 is 0. The number of aliphatic hydroxyl groups excluding tert-OH is 1. The molecule has 0 heterocycles. The lowest BCUT2D eigenvalue weighted by Crippen LogP contribution is -2.39. The topological polar surface area (TPSA) is 83.6 Å². The first-order valence-electron chi connectivity index (χ1n) is 7.97. The molecule has 1 aromatic carbocycles. The minimum absolute atomic E-state index is 0.0311. The van der Waals surface area contributed by atoms with Gasteiger partial charge in [0.05, 0.1) is 0 Å². The van der Waals surface area contributed by atoms with Crippen molar-refractivity contribution < 1.29 is 14.7 Å². The second-order valence-electron chi connectivity index (χ2n) is 6.13. The summed E-state index contributed by atoms with van der Waals surface area (Å²) in [6.45, 7) is 0.242. The van der Waals surface area contributed by atoms with Gasteiger partial charge in [0, 0.05) is 31.3 Å². The monoisotopic (exact) mass is 316 g/mol. The van der Waals surface area contributed by atoms with E-state index in [1.165, 1.54) is 0 Å². The van der Waals surface area contributed by atoms with E-state index in [9.17, 15) is 9.59 Å². The first kappa shape index (κ1) is 17.2. The Bertz CT molecular complexity index is 572. The van der Waals surface area contributed by atoms with Crippen molar-refractivity contribution in [2.75, 3.05) is 13.7 Å². The van der Waals surface area contributed by atoms with Crippen LogP contribution in [0.5, 0.6) is 0 Å². The molecule has 0 unspecified atom stereocenters. The molecular weight excluding hydrogens is 292 g/mol. The molecule has 2 amide bonds. The maximum atomic E-state index is 12.3. The van der Waals surface area contributed by atoms with Crippen LogP contribution < -0.4 is 5.73 Å². The van der Waals surface area contributed by atoms with E-state index in [4.69, 9.17) is 10.8 Å². The molecule has 1 aromatic rings. The number of amides is 2. The van der Waals surface area contributed by atoms with Crippen molar-refractivity contribution in [3.05, 3.63) is 41.5 Å². The molecular formula is C18H24N2O3. The van der Waals surface area contributed by atoms with Gasteiger partial charge in [-0.15, -0.1) is 0 Å². The Kier molecular flexibility index (Phi) is 5.93. The van der Waals surface area contributed by atoms with Gasteiger partial charge in [-0.3, -0.25) is 9.59 Å². The Balaban J connectivity index is 1.91. The van der Waals surface area contributed by atoms with E-state index >= 15 is 0 Å². The average Bonchev–Trinajstić information content (AvgIpc) is 2.59. The summed E-state index contributed by atoms with van der Waals surface area (Å²) in [6, 6.07) is 7.05. The second-order valence-corrected chi connectivity index (χ2v) is 6.13. The molecule has 1 saturated carbocycles. The quantitative estimate of drug-likeness (QED) is 0.813. The van der Waals surface area contributed by atoms with Crippen molar-refractivity contribution in [2.24, 2.45) is 11.7 Å². The van der Waals surface area contributed by atoms with Gasteiger partial charge in [0.25, 0.3) is 0 Å². The molecule has 0 aromatic heterocycles. The number of hydrogen-bond acceptors (Lipinski definition) is 3. The van der Waals surface area contributed by atoms with E-state index in [1.54, 1.807) is 41.3 Å². The minimum atomic E-state index is -0.463. The van der Waals surface area contributed by atoms with Crippen molar-refractivity contribution in [1.29, 1.82) is 0 Å². The van der Waals surface area contributed by atoms with Crippen LogP contribution >= 0.6 is 0 Å². The number of hydrogen-bond donors (Lipinski definition) is 2. The number of nitrogens with two attached hydrogens (primary N) is 1. The molecule has 3 N–H and O–H groups in total. The minimum Gasteiger partial charge on any atom is -0.396 e. The number of carbonyl (C=O) groups is 2. The molecule has 2 rings (SSSR count). The highest BCUT2D eigenvalue weighted by Gasteiger charge is 2.25. The molecule has 0 radical (unpaired) electrons. The number of carbonyl (C=O) groups excluding carboxylic acids is 2. The fraction of sp³-hybridized carbons (Fsp3) is 0.444. The summed E-state index contributed by atoms with van der Waals surface area (Å²) in [5.41, 5.74) is 6.49. The SMILES string of the molecule is CN(C(=O)/C=C/c1ccc(C(N)=O)cc1)C1CCC(CO)CC1. The summed E-state index contributed by atoms with van der Waals surface area (Å²) in [4.78, 5) is 25.1. The first-order chi connectivity index (χ1) is 11.0. The van der Waals surface area contributed by atoms with Crippen molar-refractivity contribution in [2.45, 2.75) is 31.7 Å². The van der Waals surface area contributed by atoms with Crippen LogP contribution in [0.2, 0.25) is 0 Å². The zero-order valence-electron chi connectivity index (χ0n) is 13.4. The van der Waals surface area contributed by atoms with Gasteiger partial charge in [-0.2, -0.15) is 0 Å². The smallest absolute Gasteiger partial charge is 0.248 e. The summed E-state index contributed by atoms with van der Waals surface area (Å²) in [6.07, 6.45) is 7.11. The largest absolute Gasteiger partial charge is 0.396 e. The highest BCUT2D eigenvalue weighted by Crippen LogP contribution is 2.26. The van der Waals surface area contributed by atoms with Crippen LogP contribution in [0, 0.1) is 5.92 Å². The van der Waals surface area contributed by atoms with Crippen LogP contribution in [0.25, 0.3) is 6.08 Å². The Hall–Kier alpha value is -2.14. The molecule has 124 valence electrons. The number of nitrogens with zero attached hydrogens (tertiary/aromatic N) is 1. The maximum Gasteiger partial charge on any atom is 0.248 e. The Morgan fingerprint density at radius 2 is 1.83 bits per heavy atom. The van der Waals surface area contributed by atoms with E-state index in [2.05, 4.69) is 0 Å². The number of aliphatic hydroxyl groups is 1. The lowest BCUT2D eigenvalue weighted by Gasteiger charge is -2.33. The summed E-state index contributed by atoms with van der Waals surface area (Å²) < 4.78 is 0. The normalized spacial score (nSPS) is 21.3. The fourth-order valence-electron chi connectivity index (χ4n) is 2.94. The zero-order valence-corrected chi connectivity index (χ0v) is 13.4. The highest BCUT2D eigenvalue weighted by molar-refractivity contribution is 5.94. The van der Waals surface area contributed by atoms with Crippen LogP contribution in [0.1, 0.15) is 41.6 Å². The predicted molar refractivity (Wildman–Crippen MR) is 89.6 cm³/mol. The summed E-state index contributed by atoms with van der Waals surface area (Å²) in [5, 5.41) is 9.17. The molecule has 0 saturated heterocycles. The van der Waals surface area contributed by atoms with Gasteiger partial charge < -0.3 is 15.7 Å². The molecule has 1 aliphatic rings. The Morgan fingerprint density at radius 3 is 2.35 bits per heavy atom. The van der Waals surface area contributed by atoms with Crippen molar-refractivity contribution >= 4 is 17.9 Å². The standard InChI is InChI=1S/C18H24N2O3/c1-20(16-9-4-14(12-21)5-10-16)17(22)11-6-13-2-7-15(8-3-13)18(19)23/h2-3,6-8,11,14,16,21H,4-5,9-10,12H2,1H3,(H2,19,23)/b11-6+. The molecule has 0 spiro atoms. The van der Waals surface area contributed by atoms with Crippen LogP contribution in [-0.4, -0.2) is 41.5 Å². The lowest BCUT2D eigenvalue weighted by atomic mass is 9.86. The van der Waals surface area contributed by atoms with E-state index in [1.807, 2.05) is 7.05 Å². The molecule has 0 atom stereocenters. The van der Waals surface area contributed by atoms with Crippen LogP contribution in [-0.2, 0) is 4.79 Å². The highest BCUT2D eigenvalue weighted by atomic mass is 16.3. The lowest BCUT2D eigenvalue weighted by molar-refractivity contribution is -0.127. The van der Waals surface area contributed by atoms with Gasteiger partial charge in [-0.1, -0.05) is 12.1 Å². The van der Waals surface area contributed by atoms with Crippen molar-refractivity contribution in [3.8, 4) is 0 Å². The van der Waals surface area contributed by atoms with E-state index in [-0.39, 0.29) is 18.6 Å². The van der Waals surface area contributed by atoms with E-state index < -0.39 is 5.91 Å². The van der Waals surface area contributed by atoms with E-state index in [0.29, 0.717) is 11.5 Å². The molecule has 0 aliphatic heterocycles. The van der Waals surface area contributed by atoms with Gasteiger partial charge in [-0.25, -0.2) is 0 Å². The molecule has 23 heavy (non-hydrogen) atoms. The molecule has 1 aliphatic carbocycles. The zero-order chi connectivity index (χ0) is 16.8. The van der Waals surface area contributed by atoms with Gasteiger partial charge in [0.2, 0.25) is 11.8 Å². The molecule has 5 heteroatoms. The molecule has 0 bridgehead atoms. The fourth-order valence-corrected chi connectivity index (χ4v) is 2.94. The first-order valence-corrected chi connectivity index (χ1v) is 7.97. The van der Waals surface area contributed by atoms with Crippen LogP contribution in [0.3, 0.4) is 0 Å². The average molecular weight is 316 g/mol. The van der Waals surface area contributed by atoms with Crippen LogP contribution in [0.15, 0.2) is 30.3 Å². The number of benzene rings is 1. The Labute approximate surface area is 136 Å². The van der Waals surface area contributed by atoms with Gasteiger partial charge in [-0.05, 0) is 55.4 Å². The van der Waals surface area contributed by atoms with Gasteiger partial charge in [0.15, 0.2) is 0 Å². The second kappa shape index (κ2) is 7.92. The third-order valence-corrected chi connectivity index (χ3v) is 4.58.